The van der Waals surface area contributed by atoms with Crippen LogP contribution in [0.25, 0.3) is 0 Å². The molecule has 1 aromatic rings. The molecule has 0 radical (unpaired) electrons. The van der Waals surface area contributed by atoms with E-state index in [4.69, 9.17) is 4.74 Å². The molecule has 0 spiro atoms. The number of amides is 3. The SMILES string of the molecule is CC(C)CCC(C)N(C(=O)C(CO)NC(=O)OC(C)(C)C)C(C(=O)NC(C)C)c1ccc(O)cc1. The second-order valence-corrected chi connectivity index (χ2v) is 10.6. The first kappa shape index (κ1) is 30.2. The number of carbonyl (C=O) groups is 3. The number of rotatable bonds is 11. The van der Waals surface area contributed by atoms with Crippen molar-refractivity contribution in [3.63, 3.8) is 0 Å². The van der Waals surface area contributed by atoms with Crippen LogP contribution in [0, 0.1) is 5.92 Å². The third-order valence-electron chi connectivity index (χ3n) is 5.23. The van der Waals surface area contributed by atoms with Gasteiger partial charge >= 0.3 is 6.09 Å². The van der Waals surface area contributed by atoms with Crippen LogP contribution < -0.4 is 10.6 Å². The zero-order chi connectivity index (χ0) is 26.9. The molecule has 0 saturated carbocycles. The van der Waals surface area contributed by atoms with Gasteiger partial charge in [-0.1, -0.05) is 26.0 Å². The number of nitrogens with zero attached hydrogens (tertiary/aromatic N) is 1. The van der Waals surface area contributed by atoms with E-state index in [2.05, 4.69) is 24.5 Å². The van der Waals surface area contributed by atoms with Crippen molar-refractivity contribution in [2.45, 2.75) is 98.0 Å². The van der Waals surface area contributed by atoms with Crippen molar-refractivity contribution in [3.8, 4) is 5.75 Å². The fourth-order valence-electron chi connectivity index (χ4n) is 3.59. The maximum Gasteiger partial charge on any atom is 0.408 e. The Hall–Kier alpha value is -2.81. The summed E-state index contributed by atoms with van der Waals surface area (Å²) in [6.07, 6.45) is 0.576. The minimum atomic E-state index is -1.31. The molecule has 0 aromatic heterocycles. The zero-order valence-corrected chi connectivity index (χ0v) is 22.3. The number of hydrogen-bond acceptors (Lipinski definition) is 6. The van der Waals surface area contributed by atoms with Gasteiger partial charge in [0.15, 0.2) is 0 Å². The second kappa shape index (κ2) is 13.3. The molecule has 0 saturated heterocycles. The first-order valence-electron chi connectivity index (χ1n) is 12.2. The highest BCUT2D eigenvalue weighted by molar-refractivity contribution is 5.92. The first-order chi connectivity index (χ1) is 16.2. The van der Waals surface area contributed by atoms with Gasteiger partial charge in [0, 0.05) is 12.1 Å². The summed E-state index contributed by atoms with van der Waals surface area (Å²) < 4.78 is 5.26. The monoisotopic (exact) mass is 493 g/mol. The Kier molecular flexibility index (Phi) is 11.5. The lowest BCUT2D eigenvalue weighted by atomic mass is 9.97. The van der Waals surface area contributed by atoms with Gasteiger partial charge in [-0.3, -0.25) is 9.59 Å². The number of carbonyl (C=O) groups excluding carboxylic acids is 3. The van der Waals surface area contributed by atoms with Gasteiger partial charge in [0.2, 0.25) is 11.8 Å². The molecule has 3 unspecified atom stereocenters. The van der Waals surface area contributed by atoms with Crippen molar-refractivity contribution in [1.29, 1.82) is 0 Å². The van der Waals surface area contributed by atoms with E-state index >= 15 is 0 Å². The third-order valence-corrected chi connectivity index (χ3v) is 5.23. The van der Waals surface area contributed by atoms with Crippen molar-refractivity contribution >= 4 is 17.9 Å². The zero-order valence-electron chi connectivity index (χ0n) is 22.3. The fourth-order valence-corrected chi connectivity index (χ4v) is 3.59. The van der Waals surface area contributed by atoms with E-state index < -0.39 is 48.2 Å². The van der Waals surface area contributed by atoms with Crippen molar-refractivity contribution in [2.24, 2.45) is 5.92 Å². The third kappa shape index (κ3) is 10.1. The maximum atomic E-state index is 13.8. The second-order valence-electron chi connectivity index (χ2n) is 10.6. The van der Waals surface area contributed by atoms with Gasteiger partial charge in [0.05, 0.1) is 6.61 Å². The van der Waals surface area contributed by atoms with Crippen molar-refractivity contribution < 1.29 is 29.3 Å². The van der Waals surface area contributed by atoms with Crippen LogP contribution in [-0.2, 0) is 14.3 Å². The molecule has 0 aliphatic carbocycles. The van der Waals surface area contributed by atoms with Crippen LogP contribution in [0.15, 0.2) is 24.3 Å². The molecule has 3 amide bonds. The number of aliphatic hydroxyl groups is 1. The van der Waals surface area contributed by atoms with E-state index in [-0.39, 0.29) is 11.8 Å². The van der Waals surface area contributed by atoms with Crippen molar-refractivity contribution in [1.82, 2.24) is 15.5 Å². The summed E-state index contributed by atoms with van der Waals surface area (Å²) >= 11 is 0. The number of nitrogens with one attached hydrogen (secondary N) is 2. The number of ether oxygens (including phenoxy) is 1. The summed E-state index contributed by atoms with van der Waals surface area (Å²) in [5.41, 5.74) is -0.289. The lowest BCUT2D eigenvalue weighted by Gasteiger charge is -2.38. The molecule has 1 rings (SSSR count). The molecule has 0 aliphatic heterocycles. The first-order valence-corrected chi connectivity index (χ1v) is 12.2. The smallest absolute Gasteiger partial charge is 0.408 e. The van der Waals surface area contributed by atoms with Crippen molar-refractivity contribution in [2.75, 3.05) is 6.61 Å². The number of alkyl carbamates (subject to hydrolysis) is 1. The largest absolute Gasteiger partial charge is 0.508 e. The van der Waals surface area contributed by atoms with Gasteiger partial charge in [-0.15, -0.1) is 0 Å². The minimum absolute atomic E-state index is 0.0299. The van der Waals surface area contributed by atoms with Gasteiger partial charge in [-0.25, -0.2) is 4.79 Å². The van der Waals surface area contributed by atoms with Crippen LogP contribution in [0.1, 0.15) is 79.8 Å². The van der Waals surface area contributed by atoms with Crippen LogP contribution in [0.5, 0.6) is 5.75 Å². The summed E-state index contributed by atoms with van der Waals surface area (Å²) in [6, 6.07) is 3.16. The number of phenolic OH excluding ortho intramolecular Hbond substituents is 1. The van der Waals surface area contributed by atoms with Gasteiger partial charge in [-0.2, -0.15) is 0 Å². The molecule has 0 fully saturated rings. The average molecular weight is 494 g/mol. The highest BCUT2D eigenvalue weighted by Crippen LogP contribution is 2.28. The Morgan fingerprint density at radius 3 is 2.00 bits per heavy atom. The Labute approximate surface area is 209 Å². The highest BCUT2D eigenvalue weighted by atomic mass is 16.6. The standard InChI is InChI=1S/C26H43N3O6/c1-16(2)9-10-18(5)29(24(33)21(15-30)28-25(34)35-26(6,7)8)22(23(32)27-17(3)4)19-11-13-20(31)14-12-19/h11-14,16-18,21-22,30-31H,9-10,15H2,1-8H3,(H,27,32)(H,28,34). The van der Waals surface area contributed by atoms with Gasteiger partial charge in [-0.05, 0) is 78.0 Å². The summed E-state index contributed by atoms with van der Waals surface area (Å²) in [5.74, 6) is -0.599. The van der Waals surface area contributed by atoms with Gasteiger partial charge in [0.25, 0.3) is 0 Å². The molecular formula is C26H43N3O6. The molecule has 3 atom stereocenters. The van der Waals surface area contributed by atoms with Crippen LogP contribution in [0.2, 0.25) is 0 Å². The topological polar surface area (TPSA) is 128 Å². The summed E-state index contributed by atoms with van der Waals surface area (Å²) in [7, 11) is 0. The van der Waals surface area contributed by atoms with Crippen molar-refractivity contribution in [3.05, 3.63) is 29.8 Å². The van der Waals surface area contributed by atoms with E-state index in [1.807, 2.05) is 20.8 Å². The summed E-state index contributed by atoms with van der Waals surface area (Å²) in [5, 5.41) is 25.1. The molecule has 1 aromatic carbocycles. The number of aromatic hydroxyl groups is 1. The molecule has 198 valence electrons. The lowest BCUT2D eigenvalue weighted by Crippen LogP contribution is -2.57. The van der Waals surface area contributed by atoms with E-state index in [1.54, 1.807) is 32.9 Å². The normalized spacial score (nSPS) is 14.3. The fraction of sp³-hybridized carbons (Fsp3) is 0.654. The predicted octanol–water partition coefficient (Wildman–Crippen LogP) is 3.50. The molecule has 0 heterocycles. The maximum absolute atomic E-state index is 13.8. The quantitative estimate of drug-likeness (QED) is 0.374. The molecule has 4 N–H and O–H groups in total. The van der Waals surface area contributed by atoms with Crippen LogP contribution in [-0.4, -0.2) is 63.4 Å². The Morgan fingerprint density at radius 2 is 1.54 bits per heavy atom. The number of hydrogen-bond donors (Lipinski definition) is 4. The predicted molar refractivity (Wildman–Crippen MR) is 135 cm³/mol. The Balaban J connectivity index is 3.48. The van der Waals surface area contributed by atoms with Crippen LogP contribution in [0.3, 0.4) is 0 Å². The summed E-state index contributed by atoms with van der Waals surface area (Å²) in [4.78, 5) is 41.0. The van der Waals surface area contributed by atoms with E-state index in [1.165, 1.54) is 17.0 Å². The van der Waals surface area contributed by atoms with E-state index in [0.717, 1.165) is 6.42 Å². The van der Waals surface area contributed by atoms with Gasteiger partial charge in [0.1, 0.15) is 23.4 Å². The number of phenols is 1. The average Bonchev–Trinajstić information content (AvgIpc) is 2.72. The van der Waals surface area contributed by atoms with Gasteiger partial charge < -0.3 is 30.5 Å². The van der Waals surface area contributed by atoms with Crippen LogP contribution >= 0.6 is 0 Å². The summed E-state index contributed by atoms with van der Waals surface area (Å²) in [6.45, 7) is 14.0. The highest BCUT2D eigenvalue weighted by Gasteiger charge is 2.38. The minimum Gasteiger partial charge on any atom is -0.508 e. The molecule has 0 aliphatic rings. The van der Waals surface area contributed by atoms with Crippen LogP contribution in [0.4, 0.5) is 4.79 Å². The Morgan fingerprint density at radius 1 is 0.971 bits per heavy atom. The molecule has 35 heavy (non-hydrogen) atoms. The van der Waals surface area contributed by atoms with E-state index in [0.29, 0.717) is 17.9 Å². The number of aliphatic hydroxyl groups excluding tert-OH is 1. The molecule has 0 bridgehead atoms. The Bertz CT molecular complexity index is 832. The van der Waals surface area contributed by atoms with E-state index in [9.17, 15) is 24.6 Å². The molecule has 9 heteroatoms. The molecule has 9 nitrogen and oxygen atoms in total. The lowest BCUT2D eigenvalue weighted by molar-refractivity contribution is -0.146. The molecular weight excluding hydrogens is 450 g/mol. The number of benzene rings is 1.